The van der Waals surface area contributed by atoms with Crippen LogP contribution in [0.1, 0.15) is 19.4 Å². The number of rotatable bonds is 4. The maximum absolute atomic E-state index is 11.6. The van der Waals surface area contributed by atoms with Gasteiger partial charge in [0.15, 0.2) is 0 Å². The number of carbonyl (C=O) groups excluding carboxylic acids is 1. The van der Waals surface area contributed by atoms with Crippen LogP contribution in [0.15, 0.2) is 48.5 Å². The van der Waals surface area contributed by atoms with Crippen molar-refractivity contribution >= 4 is 23.1 Å². The lowest BCUT2D eigenvalue weighted by Gasteiger charge is -2.11. The van der Waals surface area contributed by atoms with Gasteiger partial charge in [-0.1, -0.05) is 6.07 Å². The average molecular weight is 294 g/mol. The zero-order valence-electron chi connectivity index (χ0n) is 12.6. The van der Waals surface area contributed by atoms with Crippen LogP contribution in [0.25, 0.3) is 0 Å². The third kappa shape index (κ3) is 4.53. The number of hydrogen-bond donors (Lipinski definition) is 3. The van der Waals surface area contributed by atoms with Crippen LogP contribution in [-0.4, -0.2) is 12.1 Å². The molecule has 0 aliphatic carbocycles. The van der Waals surface area contributed by atoms with Crippen molar-refractivity contribution in [3.05, 3.63) is 54.1 Å². The summed E-state index contributed by atoms with van der Waals surface area (Å²) in [7, 11) is 0. The highest BCUT2D eigenvalue weighted by Crippen LogP contribution is 2.19. The molecule has 3 N–H and O–H groups in total. The van der Waals surface area contributed by atoms with Crippen LogP contribution < -0.4 is 16.0 Å². The zero-order chi connectivity index (χ0) is 15.9. The molecule has 0 atom stereocenters. The van der Waals surface area contributed by atoms with E-state index in [0.29, 0.717) is 5.56 Å². The van der Waals surface area contributed by atoms with Crippen LogP contribution in [0.5, 0.6) is 0 Å². The predicted octanol–water partition coefficient (Wildman–Crippen LogP) is 3.83. The molecule has 0 aromatic heterocycles. The van der Waals surface area contributed by atoms with Crippen molar-refractivity contribution in [2.45, 2.75) is 19.9 Å². The van der Waals surface area contributed by atoms with Crippen molar-refractivity contribution in [3.63, 3.8) is 0 Å². The first-order chi connectivity index (χ1) is 10.6. The van der Waals surface area contributed by atoms with Gasteiger partial charge in [-0.2, -0.15) is 5.26 Å². The van der Waals surface area contributed by atoms with Crippen LogP contribution in [0, 0.1) is 11.3 Å². The maximum Gasteiger partial charge on any atom is 0.319 e. The van der Waals surface area contributed by atoms with Gasteiger partial charge in [-0.05, 0) is 56.3 Å². The molecule has 5 nitrogen and oxygen atoms in total. The highest BCUT2D eigenvalue weighted by molar-refractivity contribution is 5.89. The summed E-state index contributed by atoms with van der Waals surface area (Å²) in [6.45, 7) is 3.81. The van der Waals surface area contributed by atoms with Crippen molar-refractivity contribution in [1.29, 1.82) is 5.26 Å². The number of benzene rings is 2. The van der Waals surface area contributed by atoms with Crippen molar-refractivity contribution in [1.82, 2.24) is 5.32 Å². The van der Waals surface area contributed by atoms with Crippen molar-refractivity contribution in [3.8, 4) is 6.07 Å². The molecule has 2 aromatic carbocycles. The number of amides is 2. The second-order valence-corrected chi connectivity index (χ2v) is 5.15. The third-order valence-corrected chi connectivity index (χ3v) is 2.84. The zero-order valence-corrected chi connectivity index (χ0v) is 12.6. The van der Waals surface area contributed by atoms with E-state index in [0.717, 1.165) is 17.1 Å². The van der Waals surface area contributed by atoms with Crippen LogP contribution >= 0.6 is 0 Å². The molecule has 2 rings (SSSR count). The number of nitrogens with one attached hydrogen (secondary N) is 3. The van der Waals surface area contributed by atoms with E-state index in [-0.39, 0.29) is 12.1 Å². The van der Waals surface area contributed by atoms with Crippen LogP contribution in [0.3, 0.4) is 0 Å². The SMILES string of the molecule is CC(C)NC(=O)Nc1ccc(Nc2cccc(C#N)c2)cc1. The molecule has 5 heteroatoms. The minimum Gasteiger partial charge on any atom is -0.355 e. The van der Waals surface area contributed by atoms with E-state index in [1.54, 1.807) is 12.1 Å². The lowest BCUT2D eigenvalue weighted by Crippen LogP contribution is -2.34. The van der Waals surface area contributed by atoms with Gasteiger partial charge in [0, 0.05) is 23.1 Å². The number of carbonyl (C=O) groups is 1. The number of urea groups is 1. The summed E-state index contributed by atoms with van der Waals surface area (Å²) in [4.78, 5) is 11.6. The van der Waals surface area contributed by atoms with Gasteiger partial charge < -0.3 is 16.0 Å². The topological polar surface area (TPSA) is 77.0 Å². The van der Waals surface area contributed by atoms with Gasteiger partial charge in [0.05, 0.1) is 11.6 Å². The second-order valence-electron chi connectivity index (χ2n) is 5.15. The number of nitriles is 1. The Morgan fingerprint density at radius 3 is 2.36 bits per heavy atom. The average Bonchev–Trinajstić information content (AvgIpc) is 2.48. The van der Waals surface area contributed by atoms with Gasteiger partial charge in [0.1, 0.15) is 0 Å². The Kier molecular flexibility index (Phi) is 4.99. The summed E-state index contributed by atoms with van der Waals surface area (Å²) in [6, 6.07) is 16.6. The molecule has 0 spiro atoms. The van der Waals surface area contributed by atoms with Crippen molar-refractivity contribution in [2.75, 3.05) is 10.6 Å². The van der Waals surface area contributed by atoms with E-state index in [2.05, 4.69) is 22.0 Å². The smallest absolute Gasteiger partial charge is 0.319 e. The third-order valence-electron chi connectivity index (χ3n) is 2.84. The van der Waals surface area contributed by atoms with Crippen LogP contribution in [0.4, 0.5) is 21.9 Å². The molecular formula is C17H18N4O. The summed E-state index contributed by atoms with van der Waals surface area (Å²) in [5.41, 5.74) is 3.05. The first kappa shape index (κ1) is 15.4. The molecule has 0 radical (unpaired) electrons. The van der Waals surface area contributed by atoms with E-state index in [9.17, 15) is 4.79 Å². The molecular weight excluding hydrogens is 276 g/mol. The second kappa shape index (κ2) is 7.14. The summed E-state index contributed by atoms with van der Waals surface area (Å²) >= 11 is 0. The highest BCUT2D eigenvalue weighted by atomic mass is 16.2. The summed E-state index contributed by atoms with van der Waals surface area (Å²) in [6.07, 6.45) is 0. The van der Waals surface area contributed by atoms with E-state index in [1.807, 2.05) is 50.2 Å². The molecule has 0 fully saturated rings. The molecule has 22 heavy (non-hydrogen) atoms. The quantitative estimate of drug-likeness (QED) is 0.802. The van der Waals surface area contributed by atoms with Crippen molar-refractivity contribution in [2.24, 2.45) is 0 Å². The fourth-order valence-electron chi connectivity index (χ4n) is 1.90. The molecule has 2 aromatic rings. The van der Waals surface area contributed by atoms with Gasteiger partial charge in [0.2, 0.25) is 0 Å². The standard InChI is InChI=1S/C17H18N4O/c1-12(2)19-17(22)21-15-8-6-14(7-9-15)20-16-5-3-4-13(10-16)11-18/h3-10,12,20H,1-2H3,(H2,19,21,22). The Bertz CT molecular complexity index is 687. The first-order valence-electron chi connectivity index (χ1n) is 7.01. The Morgan fingerprint density at radius 1 is 1.05 bits per heavy atom. The fraction of sp³-hybridized carbons (Fsp3) is 0.176. The lowest BCUT2D eigenvalue weighted by atomic mass is 10.2. The summed E-state index contributed by atoms with van der Waals surface area (Å²) in [5.74, 6) is 0. The maximum atomic E-state index is 11.6. The van der Waals surface area contributed by atoms with Crippen molar-refractivity contribution < 1.29 is 4.79 Å². The minimum absolute atomic E-state index is 0.0911. The Labute approximate surface area is 130 Å². The molecule has 0 aliphatic heterocycles. The number of anilines is 3. The molecule has 112 valence electrons. The Morgan fingerprint density at radius 2 is 1.73 bits per heavy atom. The number of hydrogen-bond acceptors (Lipinski definition) is 3. The largest absolute Gasteiger partial charge is 0.355 e. The van der Waals surface area contributed by atoms with Crippen LogP contribution in [0.2, 0.25) is 0 Å². The van der Waals surface area contributed by atoms with E-state index in [1.165, 1.54) is 0 Å². The number of nitrogens with zero attached hydrogens (tertiary/aromatic N) is 1. The molecule has 0 heterocycles. The summed E-state index contributed by atoms with van der Waals surface area (Å²) in [5, 5.41) is 17.6. The van der Waals surface area contributed by atoms with Gasteiger partial charge >= 0.3 is 6.03 Å². The Hall–Kier alpha value is -3.00. The van der Waals surface area contributed by atoms with Gasteiger partial charge in [-0.15, -0.1) is 0 Å². The van der Waals surface area contributed by atoms with E-state index < -0.39 is 0 Å². The molecule has 0 saturated carbocycles. The molecule has 0 bridgehead atoms. The van der Waals surface area contributed by atoms with Crippen LogP contribution in [-0.2, 0) is 0 Å². The van der Waals surface area contributed by atoms with Gasteiger partial charge in [-0.25, -0.2) is 4.79 Å². The van der Waals surface area contributed by atoms with E-state index >= 15 is 0 Å². The predicted molar refractivity (Wildman–Crippen MR) is 88.2 cm³/mol. The normalized spacial score (nSPS) is 9.91. The molecule has 0 unspecified atom stereocenters. The van der Waals surface area contributed by atoms with Gasteiger partial charge in [0.25, 0.3) is 0 Å². The van der Waals surface area contributed by atoms with Gasteiger partial charge in [-0.3, -0.25) is 0 Å². The fourth-order valence-corrected chi connectivity index (χ4v) is 1.90. The Balaban J connectivity index is 2.00. The van der Waals surface area contributed by atoms with E-state index in [4.69, 9.17) is 5.26 Å². The molecule has 2 amide bonds. The molecule has 0 saturated heterocycles. The lowest BCUT2D eigenvalue weighted by molar-refractivity contribution is 0.250. The minimum atomic E-state index is -0.225. The molecule has 0 aliphatic rings. The monoisotopic (exact) mass is 294 g/mol. The highest BCUT2D eigenvalue weighted by Gasteiger charge is 2.03. The summed E-state index contributed by atoms with van der Waals surface area (Å²) < 4.78 is 0. The first-order valence-corrected chi connectivity index (χ1v) is 7.01.